The smallest absolute Gasteiger partial charge is 0.231 e. The van der Waals surface area contributed by atoms with E-state index in [-0.39, 0.29) is 6.79 Å². The van der Waals surface area contributed by atoms with Crippen LogP contribution >= 0.6 is 0 Å². The van der Waals surface area contributed by atoms with Crippen LogP contribution in [0.3, 0.4) is 0 Å². The Hall–Kier alpha value is -2.80. The van der Waals surface area contributed by atoms with Crippen LogP contribution in [0.4, 0.5) is 5.82 Å². The standard InChI is InChI=1S/C21H23N5O2/c22-20-19-16(14-3-4-17-18(7-14)28-12-27-17)10-26(21(19)24-11-23-20)15-5-6-25(9-15)8-13-1-2-13/h3-4,7,10-11,13,15H,1-2,5-6,8-9,12H2,(H2,22,23,24)/t15-/m0/s1. The van der Waals surface area contributed by atoms with Crippen LogP contribution in [0.15, 0.2) is 30.7 Å². The Morgan fingerprint density at radius 3 is 2.89 bits per heavy atom. The largest absolute Gasteiger partial charge is 0.454 e. The summed E-state index contributed by atoms with van der Waals surface area (Å²) in [6, 6.07) is 6.43. The summed E-state index contributed by atoms with van der Waals surface area (Å²) in [6.45, 7) is 3.73. The number of nitrogen functional groups attached to an aromatic ring is 1. The molecule has 7 heteroatoms. The summed E-state index contributed by atoms with van der Waals surface area (Å²) in [7, 11) is 0. The van der Waals surface area contributed by atoms with Gasteiger partial charge < -0.3 is 24.7 Å². The first-order valence-corrected chi connectivity index (χ1v) is 9.99. The van der Waals surface area contributed by atoms with Crippen molar-refractivity contribution in [3.05, 3.63) is 30.7 Å². The van der Waals surface area contributed by atoms with Crippen molar-refractivity contribution in [3.8, 4) is 22.6 Å². The first kappa shape index (κ1) is 16.2. The molecule has 1 atom stereocenters. The van der Waals surface area contributed by atoms with Crippen molar-refractivity contribution in [1.29, 1.82) is 0 Å². The van der Waals surface area contributed by atoms with Gasteiger partial charge in [0.25, 0.3) is 0 Å². The molecule has 1 aromatic carbocycles. The molecule has 6 rings (SSSR count). The molecule has 0 amide bonds. The monoisotopic (exact) mass is 377 g/mol. The third-order valence-corrected chi connectivity index (χ3v) is 6.18. The highest BCUT2D eigenvalue weighted by molar-refractivity contribution is 6.01. The molecular weight excluding hydrogens is 354 g/mol. The SMILES string of the molecule is Nc1ncnc2c1c(-c1ccc3c(c1)OCO3)cn2[C@H]1CCN(CC2CC2)C1. The van der Waals surface area contributed by atoms with Crippen molar-refractivity contribution in [2.24, 2.45) is 5.92 Å². The van der Waals surface area contributed by atoms with E-state index in [1.807, 2.05) is 18.2 Å². The lowest BCUT2D eigenvalue weighted by Crippen LogP contribution is -2.23. The van der Waals surface area contributed by atoms with Crippen LogP contribution in [0.2, 0.25) is 0 Å². The van der Waals surface area contributed by atoms with E-state index in [1.165, 1.54) is 19.4 Å². The number of hydrogen-bond donors (Lipinski definition) is 1. The average molecular weight is 377 g/mol. The van der Waals surface area contributed by atoms with Gasteiger partial charge >= 0.3 is 0 Å². The highest BCUT2D eigenvalue weighted by atomic mass is 16.7. The summed E-state index contributed by atoms with van der Waals surface area (Å²) in [5, 5.41) is 0.919. The number of nitrogens with two attached hydrogens (primary N) is 1. The van der Waals surface area contributed by atoms with E-state index in [1.54, 1.807) is 6.33 Å². The second-order valence-electron chi connectivity index (χ2n) is 8.12. The Kier molecular flexibility index (Phi) is 3.53. The van der Waals surface area contributed by atoms with Crippen molar-refractivity contribution in [2.45, 2.75) is 25.3 Å². The molecular formula is C21H23N5O2. The van der Waals surface area contributed by atoms with Gasteiger partial charge in [0.05, 0.1) is 5.39 Å². The summed E-state index contributed by atoms with van der Waals surface area (Å²) < 4.78 is 13.3. The molecule has 4 heterocycles. The molecule has 2 aromatic heterocycles. The molecule has 3 aromatic rings. The van der Waals surface area contributed by atoms with Crippen LogP contribution in [-0.4, -0.2) is 45.9 Å². The molecule has 1 saturated heterocycles. The zero-order valence-corrected chi connectivity index (χ0v) is 15.7. The first-order chi connectivity index (χ1) is 13.8. The number of anilines is 1. The molecule has 1 aliphatic carbocycles. The Balaban J connectivity index is 1.42. The average Bonchev–Trinajstić information content (AvgIpc) is 3.10. The fraction of sp³-hybridized carbons (Fsp3) is 0.429. The number of hydrogen-bond acceptors (Lipinski definition) is 6. The molecule has 2 fully saturated rings. The molecule has 0 unspecified atom stereocenters. The minimum absolute atomic E-state index is 0.269. The minimum atomic E-state index is 0.269. The number of fused-ring (bicyclic) bond motifs is 2. The quantitative estimate of drug-likeness (QED) is 0.753. The molecule has 3 aliphatic rings. The number of ether oxygens (including phenoxy) is 2. The lowest BCUT2D eigenvalue weighted by Gasteiger charge is -2.16. The summed E-state index contributed by atoms with van der Waals surface area (Å²) in [5.74, 6) is 2.99. The topological polar surface area (TPSA) is 78.4 Å². The number of aromatic nitrogens is 3. The predicted octanol–water partition coefficient (Wildman–Crippen LogP) is 3.07. The van der Waals surface area contributed by atoms with Crippen molar-refractivity contribution in [2.75, 3.05) is 32.2 Å². The normalized spacial score (nSPS) is 21.6. The molecule has 0 spiro atoms. The zero-order chi connectivity index (χ0) is 18.7. The second-order valence-corrected chi connectivity index (χ2v) is 8.12. The Bertz CT molecular complexity index is 1060. The Morgan fingerprint density at radius 1 is 1.11 bits per heavy atom. The molecule has 2 aliphatic heterocycles. The maximum Gasteiger partial charge on any atom is 0.231 e. The molecule has 0 radical (unpaired) electrons. The van der Waals surface area contributed by atoms with E-state index in [0.717, 1.165) is 59.1 Å². The van der Waals surface area contributed by atoms with Crippen LogP contribution in [0, 0.1) is 5.92 Å². The van der Waals surface area contributed by atoms with Crippen molar-refractivity contribution >= 4 is 16.9 Å². The molecule has 7 nitrogen and oxygen atoms in total. The zero-order valence-electron chi connectivity index (χ0n) is 15.7. The molecule has 0 bridgehead atoms. The van der Waals surface area contributed by atoms with Crippen LogP contribution in [0.5, 0.6) is 11.5 Å². The van der Waals surface area contributed by atoms with E-state index < -0.39 is 0 Å². The van der Waals surface area contributed by atoms with Crippen molar-refractivity contribution in [1.82, 2.24) is 19.4 Å². The molecule has 28 heavy (non-hydrogen) atoms. The van der Waals surface area contributed by atoms with Crippen LogP contribution < -0.4 is 15.2 Å². The van der Waals surface area contributed by atoms with Crippen molar-refractivity contribution in [3.63, 3.8) is 0 Å². The van der Waals surface area contributed by atoms with E-state index in [2.05, 4.69) is 25.6 Å². The number of benzene rings is 1. The predicted molar refractivity (Wildman–Crippen MR) is 106 cm³/mol. The van der Waals surface area contributed by atoms with E-state index in [0.29, 0.717) is 11.9 Å². The first-order valence-electron chi connectivity index (χ1n) is 9.99. The van der Waals surface area contributed by atoms with Gasteiger partial charge in [-0.1, -0.05) is 6.07 Å². The highest BCUT2D eigenvalue weighted by Gasteiger charge is 2.31. The third-order valence-electron chi connectivity index (χ3n) is 6.18. The van der Waals surface area contributed by atoms with Gasteiger partial charge in [-0.2, -0.15) is 0 Å². The van der Waals surface area contributed by atoms with Gasteiger partial charge in [0.1, 0.15) is 17.8 Å². The van der Waals surface area contributed by atoms with Gasteiger partial charge in [0.2, 0.25) is 6.79 Å². The number of nitrogens with zero attached hydrogens (tertiary/aromatic N) is 4. The maximum absolute atomic E-state index is 6.29. The van der Waals surface area contributed by atoms with Gasteiger partial charge in [0.15, 0.2) is 11.5 Å². The van der Waals surface area contributed by atoms with Gasteiger partial charge in [0, 0.05) is 37.4 Å². The third kappa shape index (κ3) is 2.61. The minimum Gasteiger partial charge on any atom is -0.454 e. The van der Waals surface area contributed by atoms with E-state index >= 15 is 0 Å². The Morgan fingerprint density at radius 2 is 2.00 bits per heavy atom. The number of rotatable bonds is 4. The maximum atomic E-state index is 6.29. The second kappa shape index (κ2) is 6.10. The summed E-state index contributed by atoms with van der Waals surface area (Å²) in [5.41, 5.74) is 9.30. The van der Waals surface area contributed by atoms with Gasteiger partial charge in [-0.3, -0.25) is 0 Å². The number of likely N-dealkylation sites (tertiary alicyclic amines) is 1. The summed E-state index contributed by atoms with van der Waals surface area (Å²) in [4.78, 5) is 11.5. The van der Waals surface area contributed by atoms with E-state index in [9.17, 15) is 0 Å². The molecule has 144 valence electrons. The van der Waals surface area contributed by atoms with Gasteiger partial charge in [-0.15, -0.1) is 0 Å². The molecule has 1 saturated carbocycles. The lowest BCUT2D eigenvalue weighted by molar-refractivity contribution is 0.174. The van der Waals surface area contributed by atoms with Crippen molar-refractivity contribution < 1.29 is 9.47 Å². The fourth-order valence-corrected chi connectivity index (χ4v) is 4.54. The fourth-order valence-electron chi connectivity index (χ4n) is 4.54. The van der Waals surface area contributed by atoms with Crippen LogP contribution in [0.1, 0.15) is 25.3 Å². The highest BCUT2D eigenvalue weighted by Crippen LogP contribution is 2.41. The molecule has 2 N–H and O–H groups in total. The van der Waals surface area contributed by atoms with Crippen LogP contribution in [-0.2, 0) is 0 Å². The van der Waals surface area contributed by atoms with Crippen LogP contribution in [0.25, 0.3) is 22.2 Å². The lowest BCUT2D eigenvalue weighted by atomic mass is 10.1. The van der Waals surface area contributed by atoms with E-state index in [4.69, 9.17) is 15.2 Å². The van der Waals surface area contributed by atoms with Gasteiger partial charge in [-0.25, -0.2) is 9.97 Å². The van der Waals surface area contributed by atoms with Gasteiger partial charge in [-0.05, 0) is 42.9 Å². The Labute approximate surface area is 163 Å². The summed E-state index contributed by atoms with van der Waals surface area (Å²) in [6.07, 6.45) is 7.69. The summed E-state index contributed by atoms with van der Waals surface area (Å²) >= 11 is 0.